The molecule has 0 radical (unpaired) electrons. The van der Waals surface area contributed by atoms with Crippen molar-refractivity contribution < 1.29 is 14.3 Å². The van der Waals surface area contributed by atoms with Crippen LogP contribution >= 0.6 is 0 Å². The second-order valence-electron chi connectivity index (χ2n) is 6.88. The van der Waals surface area contributed by atoms with Gasteiger partial charge in [-0.15, -0.1) is 0 Å². The summed E-state index contributed by atoms with van der Waals surface area (Å²) in [6.07, 6.45) is 3.76. The van der Waals surface area contributed by atoms with Gasteiger partial charge < -0.3 is 14.4 Å². The van der Waals surface area contributed by atoms with E-state index in [1.807, 2.05) is 35.2 Å². The van der Waals surface area contributed by atoms with Gasteiger partial charge in [-0.05, 0) is 30.2 Å². The number of likely N-dealkylation sites (tertiary alicyclic amines) is 1. The molecule has 0 aromatic heterocycles. The van der Waals surface area contributed by atoms with Crippen LogP contribution in [0, 0.1) is 11.3 Å². The first-order valence-electron chi connectivity index (χ1n) is 8.62. The van der Waals surface area contributed by atoms with Crippen LogP contribution in [0.5, 0.6) is 0 Å². The van der Waals surface area contributed by atoms with Crippen molar-refractivity contribution in [2.24, 2.45) is 11.3 Å². The molecule has 2 aliphatic heterocycles. The highest BCUT2D eigenvalue weighted by Crippen LogP contribution is 2.44. The average Bonchev–Trinajstić information content (AvgIpc) is 2.59. The molecule has 2 heterocycles. The van der Waals surface area contributed by atoms with Crippen molar-refractivity contribution in [1.29, 1.82) is 0 Å². The normalized spacial score (nSPS) is 23.9. The Balaban J connectivity index is 1.58. The minimum Gasteiger partial charge on any atom is -0.384 e. The van der Waals surface area contributed by atoms with E-state index in [-0.39, 0.29) is 5.91 Å². The highest BCUT2D eigenvalue weighted by molar-refractivity contribution is 5.78. The van der Waals surface area contributed by atoms with Crippen molar-refractivity contribution in [3.8, 4) is 0 Å². The van der Waals surface area contributed by atoms with Gasteiger partial charge in [0.1, 0.15) is 0 Å². The number of rotatable bonds is 4. The average molecular weight is 317 g/mol. The number of benzene rings is 1. The number of piperidine rings is 1. The molecule has 4 heteroatoms. The molecule has 1 spiro atoms. The van der Waals surface area contributed by atoms with Gasteiger partial charge in [-0.3, -0.25) is 4.79 Å². The minimum atomic E-state index is 0.251. The lowest BCUT2D eigenvalue weighted by molar-refractivity contribution is -0.137. The summed E-state index contributed by atoms with van der Waals surface area (Å²) < 4.78 is 11.1. The molecule has 4 nitrogen and oxygen atoms in total. The Morgan fingerprint density at radius 1 is 1.26 bits per heavy atom. The maximum absolute atomic E-state index is 12.5. The zero-order valence-electron chi connectivity index (χ0n) is 14.0. The molecule has 0 unspecified atom stereocenters. The van der Waals surface area contributed by atoms with Crippen molar-refractivity contribution in [2.75, 3.05) is 40.0 Å². The summed E-state index contributed by atoms with van der Waals surface area (Å²) in [6.45, 7) is 4.14. The van der Waals surface area contributed by atoms with Crippen LogP contribution in [-0.4, -0.2) is 50.8 Å². The SMILES string of the molecule is COC[C@@H]1COCCC12CCN(C(=O)Cc1ccccc1)CC2. The molecule has 0 aliphatic carbocycles. The molecule has 0 N–H and O–H groups in total. The molecule has 1 aromatic carbocycles. The van der Waals surface area contributed by atoms with E-state index in [9.17, 15) is 4.79 Å². The summed E-state index contributed by atoms with van der Waals surface area (Å²) in [5.41, 5.74) is 1.40. The molecule has 2 fully saturated rings. The molecular formula is C19H27NO3. The van der Waals surface area contributed by atoms with Gasteiger partial charge in [-0.25, -0.2) is 0 Å². The Hall–Kier alpha value is -1.39. The van der Waals surface area contributed by atoms with Crippen LogP contribution in [0.4, 0.5) is 0 Å². The van der Waals surface area contributed by atoms with E-state index in [0.29, 0.717) is 17.8 Å². The smallest absolute Gasteiger partial charge is 0.226 e. The Labute approximate surface area is 138 Å². The molecule has 1 atom stereocenters. The molecule has 2 saturated heterocycles. The van der Waals surface area contributed by atoms with E-state index >= 15 is 0 Å². The van der Waals surface area contributed by atoms with Gasteiger partial charge in [0.2, 0.25) is 5.91 Å². The summed E-state index contributed by atoms with van der Waals surface area (Å²) in [5.74, 6) is 0.717. The van der Waals surface area contributed by atoms with Gasteiger partial charge in [-0.1, -0.05) is 30.3 Å². The fourth-order valence-electron chi connectivity index (χ4n) is 4.05. The summed E-state index contributed by atoms with van der Waals surface area (Å²) in [5, 5.41) is 0. The van der Waals surface area contributed by atoms with Crippen molar-refractivity contribution >= 4 is 5.91 Å². The third-order valence-corrected chi connectivity index (χ3v) is 5.61. The Kier molecular flexibility index (Phi) is 5.34. The van der Waals surface area contributed by atoms with E-state index in [0.717, 1.165) is 57.7 Å². The first-order valence-corrected chi connectivity index (χ1v) is 8.62. The topological polar surface area (TPSA) is 38.8 Å². The predicted molar refractivity (Wildman–Crippen MR) is 89.2 cm³/mol. The fourth-order valence-corrected chi connectivity index (χ4v) is 4.05. The number of nitrogens with zero attached hydrogens (tertiary/aromatic N) is 1. The minimum absolute atomic E-state index is 0.251. The molecule has 1 aromatic rings. The molecular weight excluding hydrogens is 290 g/mol. The lowest BCUT2D eigenvalue weighted by Crippen LogP contribution is -2.50. The van der Waals surface area contributed by atoms with Crippen LogP contribution in [0.2, 0.25) is 0 Å². The number of ether oxygens (including phenoxy) is 2. The van der Waals surface area contributed by atoms with Crippen molar-refractivity contribution in [3.63, 3.8) is 0 Å². The van der Waals surface area contributed by atoms with Crippen LogP contribution in [0.25, 0.3) is 0 Å². The number of methoxy groups -OCH3 is 1. The summed E-state index contributed by atoms with van der Waals surface area (Å²) in [4.78, 5) is 14.6. The zero-order chi connectivity index (χ0) is 16.1. The maximum atomic E-state index is 12.5. The number of hydrogen-bond acceptors (Lipinski definition) is 3. The van der Waals surface area contributed by atoms with Gasteiger partial charge in [0.05, 0.1) is 19.6 Å². The lowest BCUT2D eigenvalue weighted by Gasteiger charge is -2.48. The quantitative estimate of drug-likeness (QED) is 0.856. The standard InChI is InChI=1S/C19H27NO3/c1-22-14-17-15-23-12-9-19(17)7-10-20(11-8-19)18(21)13-16-5-3-2-4-6-16/h2-6,17H,7-15H2,1H3/t17-/m1/s1. The second-order valence-corrected chi connectivity index (χ2v) is 6.88. The van der Waals surface area contributed by atoms with Crippen molar-refractivity contribution in [2.45, 2.75) is 25.7 Å². The molecule has 3 rings (SSSR count). The van der Waals surface area contributed by atoms with Crippen LogP contribution in [0.15, 0.2) is 30.3 Å². The fraction of sp³-hybridized carbons (Fsp3) is 0.632. The van der Waals surface area contributed by atoms with Crippen LogP contribution in [-0.2, 0) is 20.7 Å². The van der Waals surface area contributed by atoms with Gasteiger partial charge in [0, 0.05) is 32.7 Å². The van der Waals surface area contributed by atoms with E-state index < -0.39 is 0 Å². The molecule has 2 aliphatic rings. The molecule has 0 saturated carbocycles. The van der Waals surface area contributed by atoms with E-state index in [2.05, 4.69) is 0 Å². The zero-order valence-corrected chi connectivity index (χ0v) is 14.0. The molecule has 1 amide bonds. The Bertz CT molecular complexity index is 507. The highest BCUT2D eigenvalue weighted by atomic mass is 16.5. The van der Waals surface area contributed by atoms with Crippen molar-refractivity contribution in [3.05, 3.63) is 35.9 Å². The van der Waals surface area contributed by atoms with Gasteiger partial charge in [0.25, 0.3) is 0 Å². The van der Waals surface area contributed by atoms with Gasteiger partial charge in [-0.2, -0.15) is 0 Å². The monoisotopic (exact) mass is 317 g/mol. The second kappa shape index (κ2) is 7.45. The van der Waals surface area contributed by atoms with Crippen LogP contribution < -0.4 is 0 Å². The first-order chi connectivity index (χ1) is 11.2. The van der Waals surface area contributed by atoms with E-state index in [1.165, 1.54) is 0 Å². The largest absolute Gasteiger partial charge is 0.384 e. The van der Waals surface area contributed by atoms with E-state index in [1.54, 1.807) is 7.11 Å². The number of amides is 1. The third-order valence-electron chi connectivity index (χ3n) is 5.61. The summed E-state index contributed by atoms with van der Waals surface area (Å²) in [7, 11) is 1.76. The highest BCUT2D eigenvalue weighted by Gasteiger charge is 2.43. The van der Waals surface area contributed by atoms with Gasteiger partial charge >= 0.3 is 0 Å². The first kappa shape index (κ1) is 16.5. The van der Waals surface area contributed by atoms with Gasteiger partial charge in [0.15, 0.2) is 0 Å². The summed E-state index contributed by atoms with van der Waals surface area (Å²) >= 11 is 0. The number of hydrogen-bond donors (Lipinski definition) is 0. The molecule has 126 valence electrons. The van der Waals surface area contributed by atoms with E-state index in [4.69, 9.17) is 9.47 Å². The maximum Gasteiger partial charge on any atom is 0.226 e. The third kappa shape index (κ3) is 3.75. The summed E-state index contributed by atoms with van der Waals surface area (Å²) in [6, 6.07) is 10.0. The lowest BCUT2D eigenvalue weighted by atomic mass is 9.66. The Morgan fingerprint density at radius 2 is 2.00 bits per heavy atom. The predicted octanol–water partition coefficient (Wildman–Crippen LogP) is 2.52. The van der Waals surface area contributed by atoms with Crippen LogP contribution in [0.3, 0.4) is 0 Å². The number of carbonyl (C=O) groups is 1. The van der Waals surface area contributed by atoms with Crippen molar-refractivity contribution in [1.82, 2.24) is 4.90 Å². The molecule has 23 heavy (non-hydrogen) atoms. The molecule has 0 bridgehead atoms. The number of carbonyl (C=O) groups excluding carboxylic acids is 1. The van der Waals surface area contributed by atoms with Crippen LogP contribution in [0.1, 0.15) is 24.8 Å². The Morgan fingerprint density at radius 3 is 2.70 bits per heavy atom.